The molecule has 16 heavy (non-hydrogen) atoms. The van der Waals surface area contributed by atoms with E-state index in [1.54, 1.807) is 7.11 Å². The maximum atomic E-state index is 5.80. The molecule has 0 aliphatic heterocycles. The molecule has 0 saturated heterocycles. The van der Waals surface area contributed by atoms with Crippen LogP contribution in [0.3, 0.4) is 0 Å². The second-order valence-corrected chi connectivity index (χ2v) is 3.21. The third-order valence-electron chi connectivity index (χ3n) is 1.81. The van der Waals surface area contributed by atoms with Gasteiger partial charge in [0.2, 0.25) is 11.8 Å². The van der Waals surface area contributed by atoms with Gasteiger partial charge in [-0.25, -0.2) is 0 Å². The molecule has 90 valence electrons. The highest BCUT2D eigenvalue weighted by Crippen LogP contribution is 2.27. The lowest BCUT2D eigenvalue weighted by Crippen LogP contribution is -2.19. The number of methoxy groups -OCH3 is 1. The first kappa shape index (κ1) is 12.5. The van der Waals surface area contributed by atoms with Crippen molar-refractivity contribution in [3.63, 3.8) is 0 Å². The summed E-state index contributed by atoms with van der Waals surface area (Å²) < 4.78 is 15.7. The van der Waals surface area contributed by atoms with Crippen molar-refractivity contribution in [3.8, 4) is 11.8 Å². The van der Waals surface area contributed by atoms with Crippen LogP contribution in [0, 0.1) is 0 Å². The molecule has 0 radical (unpaired) electrons. The molecule has 0 bridgehead atoms. The third kappa shape index (κ3) is 3.23. The minimum atomic E-state index is -0.128. The first-order chi connectivity index (χ1) is 7.69. The van der Waals surface area contributed by atoms with Crippen molar-refractivity contribution in [1.29, 1.82) is 0 Å². The standard InChI is InChI=1S/C10H17N3O3/c1-4-15-9-8(11)10(13-6-12-9)16-7(2)5-14-3/h6-7H,4-5,11H2,1-3H3. The largest absolute Gasteiger partial charge is 0.476 e. The van der Waals surface area contributed by atoms with E-state index >= 15 is 0 Å². The van der Waals surface area contributed by atoms with E-state index < -0.39 is 0 Å². The lowest BCUT2D eigenvalue weighted by Gasteiger charge is -2.15. The summed E-state index contributed by atoms with van der Waals surface area (Å²) in [6.07, 6.45) is 1.23. The fraction of sp³-hybridized carbons (Fsp3) is 0.600. The predicted octanol–water partition coefficient (Wildman–Crippen LogP) is 0.871. The first-order valence-electron chi connectivity index (χ1n) is 5.07. The van der Waals surface area contributed by atoms with Gasteiger partial charge in [-0.3, -0.25) is 0 Å². The van der Waals surface area contributed by atoms with Gasteiger partial charge in [0.15, 0.2) is 5.69 Å². The second-order valence-electron chi connectivity index (χ2n) is 3.21. The summed E-state index contributed by atoms with van der Waals surface area (Å²) >= 11 is 0. The zero-order valence-corrected chi connectivity index (χ0v) is 9.77. The van der Waals surface area contributed by atoms with Crippen LogP contribution >= 0.6 is 0 Å². The van der Waals surface area contributed by atoms with Crippen LogP contribution in [-0.4, -0.2) is 36.4 Å². The Labute approximate surface area is 94.7 Å². The molecular formula is C10H17N3O3. The van der Waals surface area contributed by atoms with Crippen LogP contribution in [0.25, 0.3) is 0 Å². The van der Waals surface area contributed by atoms with Gasteiger partial charge >= 0.3 is 0 Å². The normalized spacial score (nSPS) is 12.2. The first-order valence-corrected chi connectivity index (χ1v) is 5.07. The number of aromatic nitrogens is 2. The van der Waals surface area contributed by atoms with Crippen LogP contribution in [0.1, 0.15) is 13.8 Å². The lowest BCUT2D eigenvalue weighted by molar-refractivity contribution is 0.0892. The number of hydrogen-bond donors (Lipinski definition) is 1. The van der Waals surface area contributed by atoms with Crippen molar-refractivity contribution in [3.05, 3.63) is 6.33 Å². The van der Waals surface area contributed by atoms with Crippen molar-refractivity contribution in [2.24, 2.45) is 0 Å². The highest BCUT2D eigenvalue weighted by molar-refractivity contribution is 5.55. The number of hydrogen-bond acceptors (Lipinski definition) is 6. The van der Waals surface area contributed by atoms with Crippen LogP contribution in [0.5, 0.6) is 11.8 Å². The summed E-state index contributed by atoms with van der Waals surface area (Å²) in [4.78, 5) is 7.86. The number of nitrogens with zero attached hydrogens (tertiary/aromatic N) is 2. The summed E-state index contributed by atoms with van der Waals surface area (Å²) in [5.74, 6) is 0.667. The van der Waals surface area contributed by atoms with Gasteiger partial charge in [0, 0.05) is 7.11 Å². The van der Waals surface area contributed by atoms with E-state index in [-0.39, 0.29) is 6.10 Å². The van der Waals surface area contributed by atoms with Gasteiger partial charge in [-0.15, -0.1) is 0 Å². The maximum absolute atomic E-state index is 5.80. The van der Waals surface area contributed by atoms with Crippen LogP contribution in [0.2, 0.25) is 0 Å². The smallest absolute Gasteiger partial charge is 0.244 e. The van der Waals surface area contributed by atoms with E-state index in [1.165, 1.54) is 6.33 Å². The zero-order chi connectivity index (χ0) is 12.0. The van der Waals surface area contributed by atoms with Crippen LogP contribution in [-0.2, 0) is 4.74 Å². The Kier molecular flexibility index (Phi) is 4.78. The lowest BCUT2D eigenvalue weighted by atomic mass is 10.4. The second kappa shape index (κ2) is 6.12. The molecule has 2 N–H and O–H groups in total. The molecule has 1 atom stereocenters. The highest BCUT2D eigenvalue weighted by atomic mass is 16.5. The SMILES string of the molecule is CCOc1ncnc(OC(C)COC)c1N. The predicted molar refractivity (Wildman–Crippen MR) is 59.6 cm³/mol. The molecule has 1 aromatic heterocycles. The van der Waals surface area contributed by atoms with Crippen LogP contribution < -0.4 is 15.2 Å². The van der Waals surface area contributed by atoms with Crippen LogP contribution in [0.15, 0.2) is 6.33 Å². The van der Waals surface area contributed by atoms with Crippen molar-refractivity contribution < 1.29 is 14.2 Å². The molecule has 0 aromatic carbocycles. The summed E-state index contributed by atoms with van der Waals surface area (Å²) in [6, 6.07) is 0. The van der Waals surface area contributed by atoms with Crippen molar-refractivity contribution in [2.75, 3.05) is 26.1 Å². The number of anilines is 1. The van der Waals surface area contributed by atoms with Gasteiger partial charge in [-0.1, -0.05) is 0 Å². The monoisotopic (exact) mass is 227 g/mol. The summed E-state index contributed by atoms with van der Waals surface area (Å²) in [5, 5.41) is 0. The van der Waals surface area contributed by atoms with E-state index in [0.717, 1.165) is 0 Å². The minimum absolute atomic E-state index is 0.128. The molecule has 1 rings (SSSR count). The fourth-order valence-corrected chi connectivity index (χ4v) is 1.17. The topological polar surface area (TPSA) is 79.5 Å². The molecule has 0 aliphatic rings. The molecule has 6 heteroatoms. The Hall–Kier alpha value is -1.56. The number of rotatable bonds is 6. The highest BCUT2D eigenvalue weighted by Gasteiger charge is 2.12. The van der Waals surface area contributed by atoms with Crippen molar-refractivity contribution in [2.45, 2.75) is 20.0 Å². The Morgan fingerprint density at radius 3 is 2.69 bits per heavy atom. The molecular weight excluding hydrogens is 210 g/mol. The van der Waals surface area contributed by atoms with Crippen LogP contribution in [0.4, 0.5) is 5.69 Å². The van der Waals surface area contributed by atoms with E-state index in [1.807, 2.05) is 13.8 Å². The summed E-state index contributed by atoms with van der Waals surface area (Å²) in [6.45, 7) is 4.68. The molecule has 1 heterocycles. The number of ether oxygens (including phenoxy) is 3. The van der Waals surface area contributed by atoms with Gasteiger partial charge in [0.1, 0.15) is 12.4 Å². The summed E-state index contributed by atoms with van der Waals surface area (Å²) in [7, 11) is 1.61. The fourth-order valence-electron chi connectivity index (χ4n) is 1.17. The van der Waals surface area contributed by atoms with Gasteiger partial charge in [-0.05, 0) is 13.8 Å². The summed E-state index contributed by atoms with van der Waals surface area (Å²) in [5.41, 5.74) is 6.11. The molecule has 0 aliphatic carbocycles. The molecule has 0 amide bonds. The Balaban J connectivity index is 2.76. The van der Waals surface area contributed by atoms with Crippen molar-refractivity contribution >= 4 is 5.69 Å². The van der Waals surface area contributed by atoms with Crippen molar-refractivity contribution in [1.82, 2.24) is 9.97 Å². The molecule has 0 spiro atoms. The molecule has 1 aromatic rings. The van der Waals surface area contributed by atoms with Gasteiger partial charge < -0.3 is 19.9 Å². The third-order valence-corrected chi connectivity index (χ3v) is 1.81. The Morgan fingerprint density at radius 2 is 2.06 bits per heavy atom. The molecule has 0 saturated carbocycles. The van der Waals surface area contributed by atoms with E-state index in [9.17, 15) is 0 Å². The van der Waals surface area contributed by atoms with Gasteiger partial charge in [-0.2, -0.15) is 9.97 Å². The quantitative estimate of drug-likeness (QED) is 0.776. The average molecular weight is 227 g/mol. The Bertz CT molecular complexity index is 333. The number of nitrogens with two attached hydrogens (primary N) is 1. The zero-order valence-electron chi connectivity index (χ0n) is 9.77. The molecule has 0 fully saturated rings. The van der Waals surface area contributed by atoms with E-state index in [2.05, 4.69) is 9.97 Å². The minimum Gasteiger partial charge on any atom is -0.476 e. The molecule has 1 unspecified atom stereocenters. The van der Waals surface area contributed by atoms with Gasteiger partial charge in [0.05, 0.1) is 13.2 Å². The van der Waals surface area contributed by atoms with Gasteiger partial charge in [0.25, 0.3) is 0 Å². The molecule has 6 nitrogen and oxygen atoms in total. The number of nitrogen functional groups attached to an aromatic ring is 1. The average Bonchev–Trinajstić information content (AvgIpc) is 2.24. The Morgan fingerprint density at radius 1 is 1.38 bits per heavy atom. The van der Waals surface area contributed by atoms with E-state index in [0.29, 0.717) is 30.7 Å². The maximum Gasteiger partial charge on any atom is 0.244 e. The van der Waals surface area contributed by atoms with E-state index in [4.69, 9.17) is 19.9 Å².